The maximum atomic E-state index is 3.55. The van der Waals surface area contributed by atoms with Crippen LogP contribution >= 0.6 is 0 Å². The van der Waals surface area contributed by atoms with Gasteiger partial charge in [0.15, 0.2) is 0 Å². The van der Waals surface area contributed by atoms with Gasteiger partial charge >= 0.3 is 0 Å². The van der Waals surface area contributed by atoms with E-state index in [9.17, 15) is 0 Å². The van der Waals surface area contributed by atoms with Gasteiger partial charge in [0.25, 0.3) is 0 Å². The Morgan fingerprint density at radius 1 is 0.853 bits per heavy atom. The van der Waals surface area contributed by atoms with Crippen LogP contribution < -0.4 is 10.6 Å². The highest BCUT2D eigenvalue weighted by atomic mass is 14.9. The number of hydrogen-bond acceptors (Lipinski definition) is 2. The molecule has 8 unspecified atom stereocenters. The van der Waals surface area contributed by atoms with E-state index in [1.807, 2.05) is 7.05 Å². The normalized spacial score (nSPS) is 40.1. The molecule has 8 atom stereocenters. The highest BCUT2D eigenvalue weighted by molar-refractivity contribution is 5.27. The van der Waals surface area contributed by atoms with E-state index in [-0.39, 0.29) is 0 Å². The van der Waals surface area contributed by atoms with Crippen molar-refractivity contribution < 1.29 is 0 Å². The first-order valence-electron chi connectivity index (χ1n) is 14.8. The van der Waals surface area contributed by atoms with Gasteiger partial charge in [-0.25, -0.2) is 0 Å². The van der Waals surface area contributed by atoms with E-state index in [0.29, 0.717) is 11.8 Å². The van der Waals surface area contributed by atoms with Gasteiger partial charge < -0.3 is 10.6 Å². The van der Waals surface area contributed by atoms with Crippen molar-refractivity contribution in [2.24, 2.45) is 53.3 Å². The second-order valence-corrected chi connectivity index (χ2v) is 12.3. The minimum Gasteiger partial charge on any atom is -0.394 e. The largest absolute Gasteiger partial charge is 0.394 e. The van der Waals surface area contributed by atoms with Crippen molar-refractivity contribution in [3.63, 3.8) is 0 Å². The Hall–Kier alpha value is -1.28. The SMILES string of the molecule is CN/C=C\C(C)C1CCC(C2C=CC(C3=CC=CC(C4CCNCC4)C3)CC2)C2CCCCC12. The predicted molar refractivity (Wildman–Crippen MR) is 145 cm³/mol. The summed E-state index contributed by atoms with van der Waals surface area (Å²) in [7, 11) is 2.03. The van der Waals surface area contributed by atoms with Gasteiger partial charge in [0, 0.05) is 7.05 Å². The van der Waals surface area contributed by atoms with E-state index in [0.717, 1.165) is 41.4 Å². The summed E-state index contributed by atoms with van der Waals surface area (Å²) in [5.41, 5.74) is 1.73. The van der Waals surface area contributed by atoms with Gasteiger partial charge in [-0.2, -0.15) is 0 Å². The molecular formula is C32H50N2. The van der Waals surface area contributed by atoms with Gasteiger partial charge in [-0.15, -0.1) is 0 Å². The summed E-state index contributed by atoms with van der Waals surface area (Å²) in [4.78, 5) is 0. The van der Waals surface area contributed by atoms with Crippen LogP contribution in [0.25, 0.3) is 0 Å². The molecule has 2 N–H and O–H groups in total. The van der Waals surface area contributed by atoms with Crippen molar-refractivity contribution in [2.75, 3.05) is 20.1 Å². The summed E-state index contributed by atoms with van der Waals surface area (Å²) in [6, 6.07) is 0. The lowest BCUT2D eigenvalue weighted by Crippen LogP contribution is -2.42. The summed E-state index contributed by atoms with van der Waals surface area (Å²) < 4.78 is 0. The van der Waals surface area contributed by atoms with Crippen LogP contribution in [0.5, 0.6) is 0 Å². The molecule has 0 aromatic carbocycles. The van der Waals surface area contributed by atoms with Gasteiger partial charge in [0.1, 0.15) is 0 Å². The number of piperidine rings is 1. The first kappa shape index (κ1) is 24.4. The maximum absolute atomic E-state index is 3.55. The highest BCUT2D eigenvalue weighted by Gasteiger charge is 2.44. The molecule has 2 nitrogen and oxygen atoms in total. The van der Waals surface area contributed by atoms with Crippen molar-refractivity contribution in [3.8, 4) is 0 Å². The first-order chi connectivity index (χ1) is 16.7. The number of rotatable bonds is 6. The van der Waals surface area contributed by atoms with Crippen LogP contribution in [-0.4, -0.2) is 20.1 Å². The third-order valence-corrected chi connectivity index (χ3v) is 10.6. The molecule has 0 aromatic rings. The van der Waals surface area contributed by atoms with Crippen LogP contribution in [0.15, 0.2) is 48.2 Å². The van der Waals surface area contributed by atoms with Gasteiger partial charge in [0.2, 0.25) is 0 Å². The summed E-state index contributed by atoms with van der Waals surface area (Å²) in [6.45, 7) is 4.90. The Kier molecular flexibility index (Phi) is 8.36. The van der Waals surface area contributed by atoms with Crippen LogP contribution in [0.4, 0.5) is 0 Å². The van der Waals surface area contributed by atoms with Gasteiger partial charge in [0.05, 0.1) is 0 Å². The van der Waals surface area contributed by atoms with Crippen LogP contribution in [0.3, 0.4) is 0 Å². The minimum absolute atomic E-state index is 0.704. The average Bonchev–Trinajstić information content (AvgIpc) is 2.92. The highest BCUT2D eigenvalue weighted by Crippen LogP contribution is 2.53. The smallest absolute Gasteiger partial charge is 0.00276 e. The Morgan fingerprint density at radius 2 is 1.68 bits per heavy atom. The Labute approximate surface area is 209 Å². The van der Waals surface area contributed by atoms with Crippen molar-refractivity contribution in [1.29, 1.82) is 0 Å². The Balaban J connectivity index is 1.21. The van der Waals surface area contributed by atoms with Crippen molar-refractivity contribution >= 4 is 0 Å². The average molecular weight is 463 g/mol. The third kappa shape index (κ3) is 5.43. The monoisotopic (exact) mass is 462 g/mol. The van der Waals surface area contributed by atoms with E-state index in [4.69, 9.17) is 0 Å². The fourth-order valence-corrected chi connectivity index (χ4v) is 8.75. The molecule has 0 spiro atoms. The van der Waals surface area contributed by atoms with Crippen molar-refractivity contribution in [3.05, 3.63) is 48.2 Å². The summed E-state index contributed by atoms with van der Waals surface area (Å²) in [5.74, 6) is 7.72. The molecule has 1 heterocycles. The third-order valence-electron chi connectivity index (χ3n) is 10.6. The summed E-state index contributed by atoms with van der Waals surface area (Å²) in [6.07, 6.45) is 33.0. The maximum Gasteiger partial charge on any atom is 0.00276 e. The molecule has 0 aromatic heterocycles. The van der Waals surface area contributed by atoms with Crippen LogP contribution in [0.1, 0.15) is 77.6 Å². The lowest BCUT2D eigenvalue weighted by atomic mass is 9.55. The van der Waals surface area contributed by atoms with Gasteiger partial charge in [-0.3, -0.25) is 0 Å². The van der Waals surface area contributed by atoms with E-state index >= 15 is 0 Å². The second kappa shape index (κ2) is 11.6. The molecule has 34 heavy (non-hydrogen) atoms. The van der Waals surface area contributed by atoms with E-state index in [2.05, 4.69) is 60.2 Å². The predicted octanol–water partition coefficient (Wildman–Crippen LogP) is 7.27. The number of fused-ring (bicyclic) bond motifs is 1. The summed E-state index contributed by atoms with van der Waals surface area (Å²) >= 11 is 0. The fraction of sp³-hybridized carbons (Fsp3) is 0.750. The van der Waals surface area contributed by atoms with E-state index < -0.39 is 0 Å². The van der Waals surface area contributed by atoms with Crippen LogP contribution in [0.2, 0.25) is 0 Å². The molecule has 188 valence electrons. The quantitative estimate of drug-likeness (QED) is 0.405. The zero-order chi connectivity index (χ0) is 23.3. The number of hydrogen-bond donors (Lipinski definition) is 2. The second-order valence-electron chi connectivity index (χ2n) is 12.3. The molecule has 1 saturated heterocycles. The molecule has 0 bridgehead atoms. The first-order valence-corrected chi connectivity index (χ1v) is 14.8. The Morgan fingerprint density at radius 3 is 2.44 bits per heavy atom. The molecule has 0 radical (unpaired) electrons. The van der Waals surface area contributed by atoms with E-state index in [1.54, 1.807) is 5.57 Å². The van der Waals surface area contributed by atoms with E-state index in [1.165, 1.54) is 83.7 Å². The molecule has 2 heteroatoms. The van der Waals surface area contributed by atoms with Crippen LogP contribution in [-0.2, 0) is 0 Å². The molecule has 3 fully saturated rings. The molecule has 0 amide bonds. The fourth-order valence-electron chi connectivity index (χ4n) is 8.75. The Bertz CT molecular complexity index is 770. The lowest BCUT2D eigenvalue weighted by molar-refractivity contribution is 0.0130. The summed E-state index contributed by atoms with van der Waals surface area (Å²) in [5, 5.41) is 6.77. The zero-order valence-electron chi connectivity index (χ0n) is 21.9. The number of allylic oxidation sites excluding steroid dienone is 7. The van der Waals surface area contributed by atoms with Crippen LogP contribution in [0, 0.1) is 53.3 Å². The molecule has 1 aliphatic heterocycles. The van der Waals surface area contributed by atoms with Crippen molar-refractivity contribution in [1.82, 2.24) is 10.6 Å². The zero-order valence-corrected chi connectivity index (χ0v) is 21.9. The lowest BCUT2D eigenvalue weighted by Gasteiger charge is -2.50. The van der Waals surface area contributed by atoms with Gasteiger partial charge in [-0.1, -0.05) is 61.8 Å². The molecule has 4 aliphatic carbocycles. The topological polar surface area (TPSA) is 24.1 Å². The number of nitrogens with one attached hydrogen (secondary N) is 2. The standard InChI is InChI=1S/C32H50N2/c1-23(16-19-33-2)29-14-15-30(32-9-4-3-8-31(29)32)26-12-10-24(11-13-26)27-6-5-7-28(22-27)25-17-20-34-21-18-25/h5-7,10,12,16,19,23-26,28-34H,3-4,8-9,11,13-15,17-18,20-22H2,1-2H3/b19-16-. The van der Waals surface area contributed by atoms with Gasteiger partial charge in [-0.05, 0) is 130 Å². The molecule has 5 rings (SSSR count). The molecular weight excluding hydrogens is 412 g/mol. The minimum atomic E-state index is 0.704. The van der Waals surface area contributed by atoms with Crippen molar-refractivity contribution in [2.45, 2.75) is 77.6 Å². The molecule has 5 aliphatic rings. The molecule has 2 saturated carbocycles.